The van der Waals surface area contributed by atoms with Crippen molar-refractivity contribution in [1.29, 1.82) is 0 Å². The van der Waals surface area contributed by atoms with E-state index in [9.17, 15) is 4.79 Å². The van der Waals surface area contributed by atoms with Crippen LogP contribution in [0.4, 0.5) is 5.13 Å². The van der Waals surface area contributed by atoms with E-state index in [1.165, 1.54) is 11.3 Å². The van der Waals surface area contributed by atoms with Gasteiger partial charge in [0.25, 0.3) is 0 Å². The Labute approximate surface area is 111 Å². The molecule has 0 saturated carbocycles. The molecular formula is C12H19N3O2S. The smallest absolute Gasteiger partial charge is 0.357 e. The van der Waals surface area contributed by atoms with Crippen LogP contribution in [0.1, 0.15) is 30.3 Å². The van der Waals surface area contributed by atoms with E-state index in [0.717, 1.165) is 31.1 Å². The van der Waals surface area contributed by atoms with Gasteiger partial charge in [-0.15, -0.1) is 11.3 Å². The Kier molecular flexibility index (Phi) is 4.54. The van der Waals surface area contributed by atoms with Gasteiger partial charge in [-0.3, -0.25) is 0 Å². The highest BCUT2D eigenvalue weighted by Gasteiger charge is 2.18. The first-order chi connectivity index (χ1) is 8.69. The lowest BCUT2D eigenvalue weighted by atomic mass is 10.1. The number of thiazole rings is 1. The topological polar surface area (TPSA) is 54.5 Å². The Bertz CT molecular complexity index is 400. The molecule has 2 heterocycles. The largest absolute Gasteiger partial charge is 0.461 e. The Hall–Kier alpha value is -1.14. The van der Waals surface area contributed by atoms with Gasteiger partial charge in [-0.25, -0.2) is 9.78 Å². The summed E-state index contributed by atoms with van der Waals surface area (Å²) in [6.07, 6.45) is 2.23. The number of hydrogen-bond donors (Lipinski definition) is 1. The second-order valence-corrected chi connectivity index (χ2v) is 5.34. The van der Waals surface area contributed by atoms with Crippen LogP contribution in [0, 0.1) is 0 Å². The molecule has 1 aromatic heterocycles. The minimum Gasteiger partial charge on any atom is -0.461 e. The number of nitrogens with one attached hydrogen (secondary N) is 1. The molecule has 5 nitrogen and oxygen atoms in total. The highest BCUT2D eigenvalue weighted by molar-refractivity contribution is 7.13. The first kappa shape index (κ1) is 13.3. The SMILES string of the molecule is CCOC(=O)c1csc(NC2CCN(C)CC2)n1. The van der Waals surface area contributed by atoms with Crippen LogP contribution in [0.3, 0.4) is 0 Å². The predicted octanol–water partition coefficient (Wildman–Crippen LogP) is 1.83. The zero-order valence-corrected chi connectivity index (χ0v) is 11.6. The molecule has 0 atom stereocenters. The van der Waals surface area contributed by atoms with Crippen LogP contribution in [0.2, 0.25) is 0 Å². The lowest BCUT2D eigenvalue weighted by Crippen LogP contribution is -2.36. The molecule has 1 N–H and O–H groups in total. The van der Waals surface area contributed by atoms with Gasteiger partial charge in [0, 0.05) is 11.4 Å². The lowest BCUT2D eigenvalue weighted by molar-refractivity contribution is 0.0520. The second kappa shape index (κ2) is 6.15. The summed E-state index contributed by atoms with van der Waals surface area (Å²) < 4.78 is 4.92. The predicted molar refractivity (Wildman–Crippen MR) is 72.2 cm³/mol. The third-order valence-electron chi connectivity index (χ3n) is 3.03. The van der Waals surface area contributed by atoms with Gasteiger partial charge in [0.1, 0.15) is 0 Å². The Morgan fingerprint density at radius 3 is 3.00 bits per heavy atom. The molecule has 2 rings (SSSR count). The number of aromatic nitrogens is 1. The third kappa shape index (κ3) is 3.43. The Balaban J connectivity index is 1.88. The second-order valence-electron chi connectivity index (χ2n) is 4.48. The minimum atomic E-state index is -0.342. The van der Waals surface area contributed by atoms with Gasteiger partial charge in [-0.1, -0.05) is 0 Å². The van der Waals surface area contributed by atoms with Gasteiger partial charge in [0.15, 0.2) is 10.8 Å². The fourth-order valence-electron chi connectivity index (χ4n) is 1.97. The van der Waals surface area contributed by atoms with Gasteiger partial charge in [0.2, 0.25) is 0 Å². The van der Waals surface area contributed by atoms with Gasteiger partial charge in [-0.05, 0) is 39.9 Å². The van der Waals surface area contributed by atoms with Crippen molar-refractivity contribution in [2.24, 2.45) is 0 Å². The molecule has 0 aliphatic carbocycles. The van der Waals surface area contributed by atoms with Gasteiger partial charge < -0.3 is 15.0 Å². The molecule has 1 aliphatic rings. The Morgan fingerprint density at radius 2 is 2.33 bits per heavy atom. The van der Waals surface area contributed by atoms with Crippen molar-refractivity contribution in [1.82, 2.24) is 9.88 Å². The normalized spacial score (nSPS) is 17.7. The molecule has 1 saturated heterocycles. The molecule has 0 aromatic carbocycles. The van der Waals surface area contributed by atoms with Gasteiger partial charge >= 0.3 is 5.97 Å². The first-order valence-electron chi connectivity index (χ1n) is 6.26. The quantitative estimate of drug-likeness (QED) is 0.845. The van der Waals surface area contributed by atoms with Crippen molar-refractivity contribution in [2.45, 2.75) is 25.8 Å². The summed E-state index contributed by atoms with van der Waals surface area (Å²) in [5.74, 6) is -0.342. The van der Waals surface area contributed by atoms with Crippen molar-refractivity contribution in [3.8, 4) is 0 Å². The van der Waals surface area contributed by atoms with Crippen molar-refractivity contribution < 1.29 is 9.53 Å². The summed E-state index contributed by atoms with van der Waals surface area (Å²) in [4.78, 5) is 18.1. The van der Waals surface area contributed by atoms with Crippen molar-refractivity contribution in [2.75, 3.05) is 32.1 Å². The van der Waals surface area contributed by atoms with Crippen LogP contribution < -0.4 is 5.32 Å². The molecule has 0 unspecified atom stereocenters. The highest BCUT2D eigenvalue weighted by atomic mass is 32.1. The number of likely N-dealkylation sites (tertiary alicyclic amines) is 1. The molecular weight excluding hydrogens is 250 g/mol. The van der Waals surface area contributed by atoms with Gasteiger partial charge in [-0.2, -0.15) is 0 Å². The van der Waals surface area contributed by atoms with Crippen LogP contribution >= 0.6 is 11.3 Å². The van der Waals surface area contributed by atoms with E-state index in [-0.39, 0.29) is 5.97 Å². The number of ether oxygens (including phenoxy) is 1. The number of hydrogen-bond acceptors (Lipinski definition) is 6. The maximum atomic E-state index is 11.5. The number of carbonyl (C=O) groups is 1. The molecule has 1 aromatic rings. The van der Waals surface area contributed by atoms with E-state index in [2.05, 4.69) is 22.2 Å². The fraction of sp³-hybridized carbons (Fsp3) is 0.667. The molecule has 18 heavy (non-hydrogen) atoms. The summed E-state index contributed by atoms with van der Waals surface area (Å²) >= 11 is 1.46. The summed E-state index contributed by atoms with van der Waals surface area (Å²) in [5.41, 5.74) is 0.400. The van der Waals surface area contributed by atoms with Gasteiger partial charge in [0.05, 0.1) is 6.61 Å². The van der Waals surface area contributed by atoms with E-state index in [1.807, 2.05) is 0 Å². The van der Waals surface area contributed by atoms with Crippen LogP contribution in [0.25, 0.3) is 0 Å². The van der Waals surface area contributed by atoms with Crippen molar-refractivity contribution >= 4 is 22.4 Å². The first-order valence-corrected chi connectivity index (χ1v) is 7.14. The monoisotopic (exact) mass is 269 g/mol. The zero-order valence-electron chi connectivity index (χ0n) is 10.8. The molecule has 0 bridgehead atoms. The van der Waals surface area contributed by atoms with E-state index < -0.39 is 0 Å². The van der Waals surface area contributed by atoms with Crippen molar-refractivity contribution in [3.63, 3.8) is 0 Å². The average Bonchev–Trinajstić information content (AvgIpc) is 2.81. The lowest BCUT2D eigenvalue weighted by Gasteiger charge is -2.29. The van der Waals surface area contributed by atoms with Crippen LogP contribution in [0.5, 0.6) is 0 Å². The maximum absolute atomic E-state index is 11.5. The fourth-order valence-corrected chi connectivity index (χ4v) is 2.72. The van der Waals surface area contributed by atoms with E-state index >= 15 is 0 Å². The highest BCUT2D eigenvalue weighted by Crippen LogP contribution is 2.20. The number of anilines is 1. The third-order valence-corrected chi connectivity index (χ3v) is 3.81. The van der Waals surface area contributed by atoms with Crippen LogP contribution in [0.15, 0.2) is 5.38 Å². The maximum Gasteiger partial charge on any atom is 0.357 e. The van der Waals surface area contributed by atoms with Crippen LogP contribution in [-0.4, -0.2) is 48.6 Å². The molecule has 1 fully saturated rings. The Morgan fingerprint density at radius 1 is 1.61 bits per heavy atom. The molecule has 0 amide bonds. The molecule has 0 spiro atoms. The number of rotatable bonds is 4. The molecule has 1 aliphatic heterocycles. The van der Waals surface area contributed by atoms with E-state index in [4.69, 9.17) is 4.74 Å². The summed E-state index contributed by atoms with van der Waals surface area (Å²) in [6.45, 7) is 4.39. The molecule has 100 valence electrons. The summed E-state index contributed by atoms with van der Waals surface area (Å²) in [5, 5.41) is 5.95. The number of nitrogens with zero attached hydrogens (tertiary/aromatic N) is 2. The molecule has 0 radical (unpaired) electrons. The van der Waals surface area contributed by atoms with E-state index in [1.54, 1.807) is 12.3 Å². The number of esters is 1. The standard InChI is InChI=1S/C12H19N3O2S/c1-3-17-11(16)10-8-18-12(14-10)13-9-4-6-15(2)7-5-9/h8-9H,3-7H2,1-2H3,(H,13,14). The van der Waals surface area contributed by atoms with Crippen molar-refractivity contribution in [3.05, 3.63) is 11.1 Å². The minimum absolute atomic E-state index is 0.342. The average molecular weight is 269 g/mol. The number of piperidine rings is 1. The number of carbonyl (C=O) groups excluding carboxylic acids is 1. The molecule has 6 heteroatoms. The van der Waals surface area contributed by atoms with E-state index in [0.29, 0.717) is 18.3 Å². The summed E-state index contributed by atoms with van der Waals surface area (Å²) in [6, 6.07) is 0.461. The zero-order chi connectivity index (χ0) is 13.0. The van der Waals surface area contributed by atoms with Crippen LogP contribution in [-0.2, 0) is 4.74 Å². The summed E-state index contributed by atoms with van der Waals surface area (Å²) in [7, 11) is 2.14.